The molecule has 0 aliphatic carbocycles. The zero-order valence-electron chi connectivity index (χ0n) is 9.15. The van der Waals surface area contributed by atoms with Gasteiger partial charge in [-0.15, -0.1) is 12.4 Å². The fraction of sp³-hybridized carbons (Fsp3) is 0.300. The molecule has 0 aromatic heterocycles. The van der Waals surface area contributed by atoms with E-state index in [1.165, 1.54) is 0 Å². The molecule has 0 heterocycles. The molecule has 1 aromatic rings. The van der Waals surface area contributed by atoms with Crippen LogP contribution in [0.3, 0.4) is 0 Å². The number of benzene rings is 1. The van der Waals surface area contributed by atoms with Crippen LogP contribution in [0.15, 0.2) is 18.2 Å². The van der Waals surface area contributed by atoms with Crippen molar-refractivity contribution in [2.24, 2.45) is 5.73 Å². The van der Waals surface area contributed by atoms with Gasteiger partial charge in [-0.1, -0.05) is 0 Å². The third-order valence-electron chi connectivity index (χ3n) is 1.82. The minimum Gasteiger partial charge on any atom is -0.497 e. The lowest BCUT2D eigenvalue weighted by Crippen LogP contribution is -2.21. The molecule has 0 fully saturated rings. The van der Waals surface area contributed by atoms with E-state index in [1.54, 1.807) is 32.4 Å². The van der Waals surface area contributed by atoms with Crippen molar-refractivity contribution in [3.8, 4) is 11.5 Å². The average Bonchev–Trinajstić information content (AvgIpc) is 2.28. The summed E-state index contributed by atoms with van der Waals surface area (Å²) < 4.78 is 10.1. The van der Waals surface area contributed by atoms with Crippen LogP contribution in [0.4, 0.5) is 5.69 Å². The molecule has 0 unspecified atom stereocenters. The molecule has 16 heavy (non-hydrogen) atoms. The highest BCUT2D eigenvalue weighted by Gasteiger charge is 2.04. The standard InChI is InChI=1S/C10H14N2O3.ClH/c1-14-8-3-7(12-10(13)6-11)4-9(5-8)15-2;/h3-5H,6,11H2,1-2H3,(H,12,13);1H. The second-order valence-electron chi connectivity index (χ2n) is 2.85. The van der Waals surface area contributed by atoms with Gasteiger partial charge in [-0.3, -0.25) is 4.79 Å². The maximum atomic E-state index is 11.1. The van der Waals surface area contributed by atoms with Gasteiger partial charge in [-0.05, 0) is 0 Å². The number of amides is 1. The lowest BCUT2D eigenvalue weighted by Gasteiger charge is -2.08. The molecule has 0 aliphatic heterocycles. The van der Waals surface area contributed by atoms with Gasteiger partial charge in [0.25, 0.3) is 0 Å². The zero-order valence-corrected chi connectivity index (χ0v) is 9.97. The van der Waals surface area contributed by atoms with Gasteiger partial charge in [-0.25, -0.2) is 0 Å². The highest BCUT2D eigenvalue weighted by Crippen LogP contribution is 2.25. The number of hydrogen-bond acceptors (Lipinski definition) is 4. The number of carbonyl (C=O) groups is 1. The summed E-state index contributed by atoms with van der Waals surface area (Å²) in [5.74, 6) is 0.966. The van der Waals surface area contributed by atoms with Crippen molar-refractivity contribution in [3.05, 3.63) is 18.2 Å². The molecule has 0 atom stereocenters. The number of methoxy groups -OCH3 is 2. The topological polar surface area (TPSA) is 73.6 Å². The molecule has 6 heteroatoms. The van der Waals surface area contributed by atoms with E-state index in [1.807, 2.05) is 0 Å². The molecule has 0 aliphatic rings. The predicted molar refractivity (Wildman–Crippen MR) is 64.5 cm³/mol. The number of nitrogens with two attached hydrogens (primary N) is 1. The largest absolute Gasteiger partial charge is 0.497 e. The Hall–Kier alpha value is -1.46. The minimum atomic E-state index is -0.259. The Morgan fingerprint density at radius 1 is 1.25 bits per heavy atom. The van der Waals surface area contributed by atoms with Crippen LogP contribution in [-0.4, -0.2) is 26.7 Å². The van der Waals surface area contributed by atoms with Crippen LogP contribution in [0.1, 0.15) is 0 Å². The molecule has 90 valence electrons. The predicted octanol–water partition coefficient (Wildman–Crippen LogP) is 1.02. The molecular weight excluding hydrogens is 232 g/mol. The first kappa shape index (κ1) is 14.5. The van der Waals surface area contributed by atoms with E-state index in [2.05, 4.69) is 5.32 Å². The van der Waals surface area contributed by atoms with Crippen LogP contribution < -0.4 is 20.5 Å². The number of anilines is 1. The number of hydrogen-bond donors (Lipinski definition) is 2. The Kier molecular flexibility index (Phi) is 6.29. The highest BCUT2D eigenvalue weighted by atomic mass is 35.5. The van der Waals surface area contributed by atoms with E-state index >= 15 is 0 Å². The SMILES string of the molecule is COc1cc(NC(=O)CN)cc(OC)c1.Cl. The average molecular weight is 247 g/mol. The van der Waals surface area contributed by atoms with Crippen LogP contribution in [0, 0.1) is 0 Å². The molecule has 0 radical (unpaired) electrons. The van der Waals surface area contributed by atoms with Crippen LogP contribution in [0.25, 0.3) is 0 Å². The van der Waals surface area contributed by atoms with Gasteiger partial charge in [0.15, 0.2) is 0 Å². The van der Waals surface area contributed by atoms with Crippen LogP contribution >= 0.6 is 12.4 Å². The summed E-state index contributed by atoms with van der Waals surface area (Å²) in [6.45, 7) is -0.0560. The molecule has 3 N–H and O–H groups in total. The molecule has 0 bridgehead atoms. The highest BCUT2D eigenvalue weighted by molar-refractivity contribution is 5.92. The molecular formula is C10H15ClN2O3. The Bertz CT molecular complexity index is 336. The summed E-state index contributed by atoms with van der Waals surface area (Å²) in [6, 6.07) is 5.10. The second kappa shape index (κ2) is 6.92. The summed E-state index contributed by atoms with van der Waals surface area (Å²) in [4.78, 5) is 11.1. The Morgan fingerprint density at radius 2 is 1.75 bits per heavy atom. The van der Waals surface area contributed by atoms with Gasteiger partial charge in [0.1, 0.15) is 11.5 Å². The maximum Gasteiger partial charge on any atom is 0.238 e. The van der Waals surface area contributed by atoms with Crippen LogP contribution in [-0.2, 0) is 4.79 Å². The molecule has 0 saturated heterocycles. The van der Waals surface area contributed by atoms with E-state index in [0.29, 0.717) is 17.2 Å². The lowest BCUT2D eigenvalue weighted by molar-refractivity contribution is -0.114. The first-order valence-corrected chi connectivity index (χ1v) is 4.42. The van der Waals surface area contributed by atoms with Crippen molar-refractivity contribution in [1.82, 2.24) is 0 Å². The Balaban J connectivity index is 0.00000225. The molecule has 1 rings (SSSR count). The van der Waals surface area contributed by atoms with E-state index < -0.39 is 0 Å². The fourth-order valence-electron chi connectivity index (χ4n) is 1.09. The smallest absolute Gasteiger partial charge is 0.238 e. The van der Waals surface area contributed by atoms with Gasteiger partial charge in [0, 0.05) is 23.9 Å². The van der Waals surface area contributed by atoms with Gasteiger partial charge >= 0.3 is 0 Å². The van der Waals surface area contributed by atoms with E-state index in [-0.39, 0.29) is 24.9 Å². The number of nitrogens with one attached hydrogen (secondary N) is 1. The van der Waals surface area contributed by atoms with Crippen LogP contribution in [0.2, 0.25) is 0 Å². The molecule has 1 amide bonds. The van der Waals surface area contributed by atoms with Gasteiger partial charge < -0.3 is 20.5 Å². The Labute approximate surface area is 100 Å². The number of ether oxygens (including phenoxy) is 2. The molecule has 0 saturated carbocycles. The molecule has 1 aromatic carbocycles. The lowest BCUT2D eigenvalue weighted by atomic mass is 10.2. The first-order valence-electron chi connectivity index (χ1n) is 4.42. The van der Waals surface area contributed by atoms with Crippen molar-refractivity contribution in [3.63, 3.8) is 0 Å². The summed E-state index contributed by atoms with van der Waals surface area (Å²) in [5, 5.41) is 2.62. The van der Waals surface area contributed by atoms with Gasteiger partial charge in [-0.2, -0.15) is 0 Å². The van der Waals surface area contributed by atoms with Crippen molar-refractivity contribution in [2.75, 3.05) is 26.1 Å². The number of rotatable bonds is 4. The fourth-order valence-corrected chi connectivity index (χ4v) is 1.09. The van der Waals surface area contributed by atoms with Gasteiger partial charge in [0.05, 0.1) is 20.8 Å². The summed E-state index contributed by atoms with van der Waals surface area (Å²) in [7, 11) is 3.09. The number of halogens is 1. The summed E-state index contributed by atoms with van der Waals surface area (Å²) >= 11 is 0. The Morgan fingerprint density at radius 3 is 2.12 bits per heavy atom. The van der Waals surface area contributed by atoms with Crippen molar-refractivity contribution in [1.29, 1.82) is 0 Å². The van der Waals surface area contributed by atoms with Crippen molar-refractivity contribution < 1.29 is 14.3 Å². The summed E-state index contributed by atoms with van der Waals surface area (Å²) in [5.41, 5.74) is 5.79. The van der Waals surface area contributed by atoms with Crippen LogP contribution in [0.5, 0.6) is 11.5 Å². The summed E-state index contributed by atoms with van der Waals surface area (Å²) in [6.07, 6.45) is 0. The van der Waals surface area contributed by atoms with E-state index in [0.717, 1.165) is 0 Å². The zero-order chi connectivity index (χ0) is 11.3. The van der Waals surface area contributed by atoms with E-state index in [9.17, 15) is 4.79 Å². The van der Waals surface area contributed by atoms with Gasteiger partial charge in [0.2, 0.25) is 5.91 Å². The van der Waals surface area contributed by atoms with E-state index in [4.69, 9.17) is 15.2 Å². The third kappa shape index (κ3) is 3.96. The normalized spacial score (nSPS) is 8.94. The molecule has 5 nitrogen and oxygen atoms in total. The maximum absolute atomic E-state index is 11.1. The second-order valence-corrected chi connectivity index (χ2v) is 2.85. The minimum absolute atomic E-state index is 0. The third-order valence-corrected chi connectivity index (χ3v) is 1.82. The monoisotopic (exact) mass is 246 g/mol. The first-order chi connectivity index (χ1) is 7.19. The van der Waals surface area contributed by atoms with Crippen molar-refractivity contribution >= 4 is 24.0 Å². The molecule has 0 spiro atoms. The quantitative estimate of drug-likeness (QED) is 0.832. The number of carbonyl (C=O) groups excluding carboxylic acids is 1. The van der Waals surface area contributed by atoms with Crippen molar-refractivity contribution in [2.45, 2.75) is 0 Å².